The van der Waals surface area contributed by atoms with Gasteiger partial charge in [-0.25, -0.2) is 13.6 Å². The van der Waals surface area contributed by atoms with Gasteiger partial charge in [0.05, 0.1) is 18.4 Å². The summed E-state index contributed by atoms with van der Waals surface area (Å²) in [6.07, 6.45) is 0.306. The van der Waals surface area contributed by atoms with Gasteiger partial charge < -0.3 is 10.1 Å². The Kier molecular flexibility index (Phi) is 6.33. The lowest BCUT2D eigenvalue weighted by atomic mass is 10.1. The molecule has 0 spiro atoms. The molecule has 2 rings (SSSR count). The summed E-state index contributed by atoms with van der Waals surface area (Å²) in [5, 5.41) is 3.19. The summed E-state index contributed by atoms with van der Waals surface area (Å²) in [4.78, 5) is 23.4. The Morgan fingerprint density at radius 1 is 1.12 bits per heavy atom. The number of esters is 1. The van der Waals surface area contributed by atoms with Gasteiger partial charge in [0.25, 0.3) is 0 Å². The van der Waals surface area contributed by atoms with E-state index in [0.29, 0.717) is 28.1 Å². The van der Waals surface area contributed by atoms with Gasteiger partial charge in [-0.05, 0) is 30.2 Å². The summed E-state index contributed by atoms with van der Waals surface area (Å²) < 4.78 is 31.8. The molecule has 25 heavy (non-hydrogen) atoms. The van der Waals surface area contributed by atoms with Crippen molar-refractivity contribution in [2.45, 2.75) is 12.8 Å². The number of benzene rings is 2. The van der Waals surface area contributed by atoms with E-state index in [4.69, 9.17) is 23.2 Å². The molecular weight excluding hydrogens is 375 g/mol. The number of aryl methyl sites for hydroxylation is 1. The van der Waals surface area contributed by atoms with Crippen LogP contribution in [0.25, 0.3) is 0 Å². The number of nitrogens with one attached hydrogen (secondary N) is 1. The van der Waals surface area contributed by atoms with Crippen molar-refractivity contribution in [3.8, 4) is 0 Å². The molecule has 0 saturated carbocycles. The maximum absolute atomic E-state index is 13.8. The Morgan fingerprint density at radius 2 is 1.84 bits per heavy atom. The van der Waals surface area contributed by atoms with Crippen LogP contribution in [0.15, 0.2) is 30.3 Å². The molecule has 0 fully saturated rings. The smallest absolute Gasteiger partial charge is 0.340 e. The Hall–Kier alpha value is -2.18. The Morgan fingerprint density at radius 3 is 2.48 bits per heavy atom. The van der Waals surface area contributed by atoms with E-state index < -0.39 is 29.1 Å². The Balaban J connectivity index is 2.08. The summed E-state index contributed by atoms with van der Waals surface area (Å²) >= 11 is 11.8. The highest BCUT2D eigenvalue weighted by Gasteiger charge is 2.18. The third-order valence-corrected chi connectivity index (χ3v) is 3.96. The number of amides is 1. The first-order chi connectivity index (χ1) is 11.8. The van der Waals surface area contributed by atoms with Crippen molar-refractivity contribution < 1.29 is 23.1 Å². The fourth-order valence-electron chi connectivity index (χ4n) is 2.10. The molecule has 4 nitrogen and oxygen atoms in total. The lowest BCUT2D eigenvalue weighted by Crippen LogP contribution is -2.15. The molecule has 1 N–H and O–H groups in total. The fraction of sp³-hybridized carbons (Fsp3) is 0.176. The van der Waals surface area contributed by atoms with Gasteiger partial charge in [0.1, 0.15) is 11.6 Å². The van der Waals surface area contributed by atoms with E-state index in [1.165, 1.54) is 0 Å². The molecule has 0 aliphatic carbocycles. The maximum atomic E-state index is 13.8. The molecule has 0 saturated heterocycles. The van der Waals surface area contributed by atoms with Crippen molar-refractivity contribution in [1.29, 1.82) is 0 Å². The second kappa shape index (κ2) is 8.27. The Bertz CT molecular complexity index is 828. The summed E-state index contributed by atoms with van der Waals surface area (Å²) in [6.45, 7) is 0. The monoisotopic (exact) mass is 387 g/mol. The number of anilines is 1. The maximum Gasteiger partial charge on any atom is 0.340 e. The molecule has 0 unspecified atom stereocenters. The highest BCUT2D eigenvalue weighted by atomic mass is 35.5. The van der Waals surface area contributed by atoms with Gasteiger partial charge in [-0.2, -0.15) is 0 Å². The highest BCUT2D eigenvalue weighted by Crippen LogP contribution is 2.23. The molecule has 2 aromatic carbocycles. The van der Waals surface area contributed by atoms with Crippen LogP contribution in [0.1, 0.15) is 22.3 Å². The third-order valence-electron chi connectivity index (χ3n) is 3.37. The number of ether oxygens (including phenoxy) is 1. The number of hydrogen-bond donors (Lipinski definition) is 1. The van der Waals surface area contributed by atoms with Gasteiger partial charge in [-0.15, -0.1) is 0 Å². The van der Waals surface area contributed by atoms with E-state index in [1.807, 2.05) is 0 Å². The molecular formula is C17H13Cl2F2NO3. The van der Waals surface area contributed by atoms with Crippen molar-refractivity contribution in [2.75, 3.05) is 12.4 Å². The van der Waals surface area contributed by atoms with Crippen LogP contribution in [-0.2, 0) is 16.0 Å². The van der Waals surface area contributed by atoms with Gasteiger partial charge in [-0.3, -0.25) is 4.79 Å². The minimum absolute atomic E-state index is 0.00568. The average molecular weight is 388 g/mol. The predicted molar refractivity (Wildman–Crippen MR) is 91.1 cm³/mol. The van der Waals surface area contributed by atoms with Crippen molar-refractivity contribution >= 4 is 40.8 Å². The molecule has 0 aliphatic heterocycles. The molecule has 1 amide bonds. The van der Waals surface area contributed by atoms with Crippen LogP contribution in [0, 0.1) is 11.6 Å². The number of carbonyl (C=O) groups is 2. The number of methoxy groups -OCH3 is 1. The van der Waals surface area contributed by atoms with Gasteiger partial charge >= 0.3 is 5.97 Å². The molecule has 2 aromatic rings. The first-order valence-electron chi connectivity index (χ1n) is 7.13. The SMILES string of the molecule is COC(=O)c1cc(NC(=O)CCc2ccc(Cl)cc2Cl)c(F)cc1F. The fourth-order valence-corrected chi connectivity index (χ4v) is 2.60. The number of carbonyl (C=O) groups excluding carboxylic acids is 2. The van der Waals surface area contributed by atoms with Gasteiger partial charge in [0.2, 0.25) is 5.91 Å². The van der Waals surface area contributed by atoms with Crippen LogP contribution in [0.3, 0.4) is 0 Å². The zero-order valence-corrected chi connectivity index (χ0v) is 14.5. The second-order valence-electron chi connectivity index (χ2n) is 5.09. The molecule has 8 heteroatoms. The first-order valence-corrected chi connectivity index (χ1v) is 7.88. The minimum atomic E-state index is -1.07. The van der Waals surface area contributed by atoms with E-state index in [1.54, 1.807) is 18.2 Å². The number of halogens is 4. The van der Waals surface area contributed by atoms with Crippen LogP contribution in [0.5, 0.6) is 0 Å². The summed E-state index contributed by atoms with van der Waals surface area (Å²) in [5.41, 5.74) is -0.0787. The van der Waals surface area contributed by atoms with Crippen molar-refractivity contribution in [2.24, 2.45) is 0 Å². The van der Waals surface area contributed by atoms with Crippen LogP contribution < -0.4 is 5.32 Å². The van der Waals surface area contributed by atoms with Gasteiger partial charge in [0, 0.05) is 22.5 Å². The first kappa shape index (κ1) is 19.1. The molecule has 0 aromatic heterocycles. The van der Waals surface area contributed by atoms with Crippen LogP contribution in [-0.4, -0.2) is 19.0 Å². The van der Waals surface area contributed by atoms with Crippen molar-refractivity contribution in [3.63, 3.8) is 0 Å². The largest absolute Gasteiger partial charge is 0.465 e. The average Bonchev–Trinajstić information content (AvgIpc) is 2.55. The normalized spacial score (nSPS) is 10.4. The predicted octanol–water partition coefficient (Wildman–Crippen LogP) is 4.63. The zero-order valence-electron chi connectivity index (χ0n) is 13.0. The lowest BCUT2D eigenvalue weighted by Gasteiger charge is -2.10. The van der Waals surface area contributed by atoms with E-state index in [9.17, 15) is 18.4 Å². The Labute approximate surface area is 152 Å². The van der Waals surface area contributed by atoms with Crippen molar-refractivity contribution in [3.05, 3.63) is 63.1 Å². The molecule has 132 valence electrons. The topological polar surface area (TPSA) is 55.4 Å². The van der Waals surface area contributed by atoms with Crippen molar-refractivity contribution in [1.82, 2.24) is 0 Å². The quantitative estimate of drug-likeness (QED) is 0.760. The summed E-state index contributed by atoms with van der Waals surface area (Å²) in [7, 11) is 1.07. The van der Waals surface area contributed by atoms with Gasteiger partial charge in [-0.1, -0.05) is 29.3 Å². The number of hydrogen-bond acceptors (Lipinski definition) is 3. The molecule has 0 aliphatic rings. The van der Waals surface area contributed by atoms with Gasteiger partial charge in [0.15, 0.2) is 0 Å². The molecule has 0 atom stereocenters. The molecule has 0 heterocycles. The van der Waals surface area contributed by atoms with E-state index in [2.05, 4.69) is 10.1 Å². The van der Waals surface area contributed by atoms with E-state index in [-0.39, 0.29) is 12.1 Å². The zero-order chi connectivity index (χ0) is 18.6. The summed E-state index contributed by atoms with van der Waals surface area (Å²) in [5.74, 6) is -3.56. The minimum Gasteiger partial charge on any atom is -0.465 e. The lowest BCUT2D eigenvalue weighted by molar-refractivity contribution is -0.116. The third kappa shape index (κ3) is 4.90. The standard InChI is InChI=1S/C17H13Cl2F2NO3/c1-25-17(24)11-7-15(14(21)8-13(11)20)22-16(23)5-3-9-2-4-10(18)6-12(9)19/h2,4,6-8H,3,5H2,1H3,(H,22,23). The summed E-state index contributed by atoms with van der Waals surface area (Å²) in [6, 6.07) is 6.29. The second-order valence-corrected chi connectivity index (χ2v) is 5.93. The molecule has 0 bridgehead atoms. The van der Waals surface area contributed by atoms with E-state index in [0.717, 1.165) is 13.2 Å². The highest BCUT2D eigenvalue weighted by molar-refractivity contribution is 6.35. The van der Waals surface area contributed by atoms with Crippen LogP contribution in [0.2, 0.25) is 10.0 Å². The van der Waals surface area contributed by atoms with Crippen LogP contribution >= 0.6 is 23.2 Å². The van der Waals surface area contributed by atoms with E-state index >= 15 is 0 Å². The number of rotatable bonds is 5. The molecule has 0 radical (unpaired) electrons. The van der Waals surface area contributed by atoms with Crippen LogP contribution in [0.4, 0.5) is 14.5 Å².